The van der Waals surface area contributed by atoms with Crippen LogP contribution in [0, 0.1) is 0 Å². The van der Waals surface area contributed by atoms with E-state index in [0.717, 1.165) is 16.9 Å². The second kappa shape index (κ2) is 7.46. The largest absolute Gasteiger partial charge is 0.497 e. The molecule has 0 amide bonds. The summed E-state index contributed by atoms with van der Waals surface area (Å²) < 4.78 is 5.21. The number of methoxy groups -OCH3 is 1. The minimum Gasteiger partial charge on any atom is -0.497 e. The lowest BCUT2D eigenvalue weighted by molar-refractivity contribution is -0.113. The Morgan fingerprint density at radius 3 is 2.45 bits per heavy atom. The molecule has 0 spiro atoms. The molecule has 0 aromatic heterocycles. The summed E-state index contributed by atoms with van der Waals surface area (Å²) in [7, 11) is 5.46. The number of rotatable bonds is 6. The second-order valence-electron chi connectivity index (χ2n) is 5.32. The molecule has 2 aromatic rings. The van der Waals surface area contributed by atoms with Crippen molar-refractivity contribution in [2.24, 2.45) is 0 Å². The topological polar surface area (TPSA) is 29.5 Å². The van der Waals surface area contributed by atoms with Crippen molar-refractivity contribution in [3.8, 4) is 5.75 Å². The highest BCUT2D eigenvalue weighted by molar-refractivity contribution is 6.21. The van der Waals surface area contributed by atoms with Gasteiger partial charge in [-0.15, -0.1) is 0 Å². The van der Waals surface area contributed by atoms with Gasteiger partial charge in [0.2, 0.25) is 0 Å². The summed E-state index contributed by atoms with van der Waals surface area (Å²) in [4.78, 5) is 14.6. The van der Waals surface area contributed by atoms with E-state index in [1.54, 1.807) is 7.11 Å². The van der Waals surface area contributed by atoms with E-state index in [1.165, 1.54) is 0 Å². The van der Waals surface area contributed by atoms with E-state index in [-0.39, 0.29) is 5.78 Å². The smallest absolute Gasteiger partial charge is 0.169 e. The molecule has 0 atom stereocenters. The van der Waals surface area contributed by atoms with Gasteiger partial charge >= 0.3 is 0 Å². The molecule has 0 aliphatic heterocycles. The fourth-order valence-electron chi connectivity index (χ4n) is 2.25. The van der Waals surface area contributed by atoms with Crippen molar-refractivity contribution in [2.75, 3.05) is 21.2 Å². The molecule has 0 bridgehead atoms. The number of carbonyl (C=O) groups is 1. The minimum atomic E-state index is 0.0909. The Morgan fingerprint density at radius 1 is 1.09 bits per heavy atom. The Morgan fingerprint density at radius 2 is 1.82 bits per heavy atom. The molecular weight excluding hydrogens is 274 g/mol. The number of carbonyl (C=O) groups excluding carboxylic acids is 1. The summed E-state index contributed by atoms with van der Waals surface area (Å²) in [6, 6.07) is 17.4. The highest BCUT2D eigenvalue weighted by Gasteiger charge is 2.13. The number of benzene rings is 2. The first-order valence-corrected chi connectivity index (χ1v) is 7.20. The van der Waals surface area contributed by atoms with Crippen molar-refractivity contribution in [2.45, 2.75) is 6.42 Å². The predicted octanol–water partition coefficient (Wildman–Crippen LogP) is 3.41. The van der Waals surface area contributed by atoms with E-state index in [9.17, 15) is 4.79 Å². The Hall–Kier alpha value is -2.55. The van der Waals surface area contributed by atoms with Crippen LogP contribution in [0.3, 0.4) is 0 Å². The highest BCUT2D eigenvalue weighted by atomic mass is 16.5. The molecule has 0 radical (unpaired) electrons. The summed E-state index contributed by atoms with van der Waals surface area (Å²) >= 11 is 0. The molecule has 0 saturated heterocycles. The second-order valence-corrected chi connectivity index (χ2v) is 5.32. The molecule has 3 nitrogen and oxygen atoms in total. The van der Waals surface area contributed by atoms with E-state index >= 15 is 0 Å². The average molecular weight is 295 g/mol. The molecule has 0 heterocycles. The van der Waals surface area contributed by atoms with E-state index in [1.807, 2.05) is 79.8 Å². The monoisotopic (exact) mass is 295 g/mol. The Balaban J connectivity index is 2.26. The van der Waals surface area contributed by atoms with E-state index in [4.69, 9.17) is 4.74 Å². The van der Waals surface area contributed by atoms with Crippen LogP contribution in [-0.2, 0) is 11.2 Å². The lowest BCUT2D eigenvalue weighted by atomic mass is 9.97. The maximum Gasteiger partial charge on any atom is 0.169 e. The maximum absolute atomic E-state index is 12.7. The third-order valence-corrected chi connectivity index (χ3v) is 3.27. The number of nitrogens with zero attached hydrogens (tertiary/aromatic N) is 1. The Bertz CT molecular complexity index is 660. The molecule has 0 saturated carbocycles. The molecular formula is C19H21NO2. The van der Waals surface area contributed by atoms with E-state index < -0.39 is 0 Å². The number of ether oxygens (including phenoxy) is 1. The molecule has 114 valence electrons. The first-order chi connectivity index (χ1) is 10.6. The van der Waals surface area contributed by atoms with Gasteiger partial charge in [0.1, 0.15) is 5.75 Å². The van der Waals surface area contributed by atoms with Crippen LogP contribution in [0.25, 0.3) is 5.57 Å². The summed E-state index contributed by atoms with van der Waals surface area (Å²) in [5.74, 6) is 0.858. The van der Waals surface area contributed by atoms with Crippen molar-refractivity contribution in [1.29, 1.82) is 0 Å². The van der Waals surface area contributed by atoms with Crippen molar-refractivity contribution in [3.05, 3.63) is 71.9 Å². The fraction of sp³-hybridized carbons (Fsp3) is 0.211. The molecule has 0 N–H and O–H groups in total. The summed E-state index contributed by atoms with van der Waals surface area (Å²) in [5.41, 5.74) is 2.60. The van der Waals surface area contributed by atoms with Crippen molar-refractivity contribution in [1.82, 2.24) is 4.90 Å². The lowest BCUT2D eigenvalue weighted by Gasteiger charge is -2.12. The summed E-state index contributed by atoms with van der Waals surface area (Å²) in [6.45, 7) is 0. The van der Waals surface area contributed by atoms with Gasteiger partial charge in [0.05, 0.1) is 7.11 Å². The Kier molecular flexibility index (Phi) is 5.37. The number of ketones is 1. The average Bonchev–Trinajstić information content (AvgIpc) is 2.53. The van der Waals surface area contributed by atoms with Crippen molar-refractivity contribution >= 4 is 11.4 Å². The molecule has 0 unspecified atom stereocenters. The van der Waals surface area contributed by atoms with Gasteiger partial charge in [-0.05, 0) is 23.3 Å². The van der Waals surface area contributed by atoms with Gasteiger partial charge < -0.3 is 9.64 Å². The fourth-order valence-corrected chi connectivity index (χ4v) is 2.25. The first-order valence-electron chi connectivity index (χ1n) is 7.20. The predicted molar refractivity (Wildman–Crippen MR) is 89.8 cm³/mol. The summed E-state index contributed by atoms with van der Waals surface area (Å²) in [5, 5.41) is 0. The zero-order valence-electron chi connectivity index (χ0n) is 13.2. The SMILES string of the molecule is COc1cccc(CC(=O)/C(=C/N(C)C)c2ccccc2)c1. The van der Waals surface area contributed by atoms with Gasteiger partial charge in [-0.3, -0.25) is 4.79 Å². The quantitative estimate of drug-likeness (QED) is 0.765. The molecule has 0 aliphatic rings. The molecule has 0 aliphatic carbocycles. The maximum atomic E-state index is 12.7. The van der Waals surface area contributed by atoms with Crippen LogP contribution in [0.1, 0.15) is 11.1 Å². The van der Waals surface area contributed by atoms with Crippen LogP contribution >= 0.6 is 0 Å². The Labute approximate surface area is 131 Å². The van der Waals surface area contributed by atoms with Gasteiger partial charge in [0.15, 0.2) is 5.78 Å². The standard InChI is InChI=1S/C19H21NO2/c1-20(2)14-18(16-9-5-4-6-10-16)19(21)13-15-8-7-11-17(12-15)22-3/h4-12,14H,13H2,1-3H3/b18-14+. The van der Waals surface area contributed by atoms with Crippen LogP contribution < -0.4 is 4.74 Å². The van der Waals surface area contributed by atoms with Crippen LogP contribution in [0.5, 0.6) is 5.75 Å². The normalized spacial score (nSPS) is 11.1. The highest BCUT2D eigenvalue weighted by Crippen LogP contribution is 2.20. The number of Topliss-reactive ketones (excluding diaryl/α,β-unsaturated/α-hetero) is 1. The molecule has 2 aromatic carbocycles. The van der Waals surface area contributed by atoms with Gasteiger partial charge in [0, 0.05) is 32.3 Å². The van der Waals surface area contributed by atoms with Crippen LogP contribution in [0.2, 0.25) is 0 Å². The minimum absolute atomic E-state index is 0.0909. The zero-order valence-corrected chi connectivity index (χ0v) is 13.2. The third-order valence-electron chi connectivity index (χ3n) is 3.27. The third kappa shape index (κ3) is 4.22. The number of hydrogen-bond acceptors (Lipinski definition) is 3. The van der Waals surface area contributed by atoms with Gasteiger partial charge in [-0.1, -0.05) is 42.5 Å². The van der Waals surface area contributed by atoms with Crippen LogP contribution in [-0.4, -0.2) is 31.9 Å². The van der Waals surface area contributed by atoms with Crippen LogP contribution in [0.4, 0.5) is 0 Å². The molecule has 2 rings (SSSR count). The van der Waals surface area contributed by atoms with Gasteiger partial charge in [-0.25, -0.2) is 0 Å². The number of allylic oxidation sites excluding steroid dienone is 1. The molecule has 22 heavy (non-hydrogen) atoms. The van der Waals surface area contributed by atoms with Gasteiger partial charge in [0.25, 0.3) is 0 Å². The van der Waals surface area contributed by atoms with Crippen LogP contribution in [0.15, 0.2) is 60.8 Å². The first kappa shape index (κ1) is 15.8. The number of hydrogen-bond donors (Lipinski definition) is 0. The van der Waals surface area contributed by atoms with Crippen molar-refractivity contribution in [3.63, 3.8) is 0 Å². The summed E-state index contributed by atoms with van der Waals surface area (Å²) in [6.07, 6.45) is 2.23. The van der Waals surface area contributed by atoms with Crippen molar-refractivity contribution < 1.29 is 9.53 Å². The molecule has 0 fully saturated rings. The molecule has 3 heteroatoms. The zero-order chi connectivity index (χ0) is 15.9. The lowest BCUT2D eigenvalue weighted by Crippen LogP contribution is -2.11. The van der Waals surface area contributed by atoms with E-state index in [2.05, 4.69) is 0 Å². The van der Waals surface area contributed by atoms with Gasteiger partial charge in [-0.2, -0.15) is 0 Å². The van der Waals surface area contributed by atoms with E-state index in [0.29, 0.717) is 12.0 Å².